The Balaban J connectivity index is 3.72. The van der Waals surface area contributed by atoms with Gasteiger partial charge < -0.3 is 10.6 Å². The van der Waals surface area contributed by atoms with E-state index in [1.807, 2.05) is 25.6 Å². The van der Waals surface area contributed by atoms with Gasteiger partial charge in [-0.05, 0) is 21.0 Å². The summed E-state index contributed by atoms with van der Waals surface area (Å²) >= 11 is 0. The van der Waals surface area contributed by atoms with E-state index in [0.717, 1.165) is 19.5 Å². The van der Waals surface area contributed by atoms with Gasteiger partial charge in [0.25, 0.3) is 0 Å². The molecular weight excluding hydrogens is 152 g/mol. The van der Waals surface area contributed by atoms with Gasteiger partial charge in [0.2, 0.25) is 0 Å². The van der Waals surface area contributed by atoms with E-state index in [1.165, 1.54) is 0 Å². The van der Waals surface area contributed by atoms with Crippen molar-refractivity contribution in [3.63, 3.8) is 0 Å². The maximum absolute atomic E-state index is 6.95. The minimum absolute atomic E-state index is 0.326. The topological polar surface area (TPSA) is 50.9 Å². The zero-order chi connectivity index (χ0) is 9.40. The predicted octanol–water partition coefficient (Wildman–Crippen LogP) is -0.0735. The van der Waals surface area contributed by atoms with E-state index >= 15 is 0 Å². The third-order valence-corrected chi connectivity index (χ3v) is 1.92. The van der Waals surface area contributed by atoms with Crippen LogP contribution in [-0.4, -0.2) is 43.9 Å². The van der Waals surface area contributed by atoms with Crippen molar-refractivity contribution in [2.24, 2.45) is 0 Å². The molecule has 0 aromatic carbocycles. The van der Waals surface area contributed by atoms with Crippen molar-refractivity contribution < 1.29 is 4.58 Å². The largest absolute Gasteiger partial charge is 0.305 e. The molecule has 0 saturated heterocycles. The molecule has 0 heterocycles. The molecule has 0 saturated carbocycles. The Morgan fingerprint density at radius 2 is 2.00 bits per heavy atom. The summed E-state index contributed by atoms with van der Waals surface area (Å²) in [5, 5.41) is 13.2. The molecule has 0 amide bonds. The van der Waals surface area contributed by atoms with Crippen LogP contribution in [-0.2, 0) is 0 Å². The second-order valence-electron chi connectivity index (χ2n) is 2.61. The Bertz CT molecular complexity index is 156. The van der Waals surface area contributed by atoms with Crippen LogP contribution < -0.4 is 10.6 Å². The highest BCUT2D eigenvalue weighted by molar-refractivity contribution is 5.27. The fourth-order valence-corrected chi connectivity index (χ4v) is 1.01. The summed E-state index contributed by atoms with van der Waals surface area (Å²) in [5.41, 5.74) is 0. The Labute approximate surface area is 74.2 Å². The minimum atomic E-state index is 0.326. The number of rotatable bonds is 6. The zero-order valence-corrected chi connectivity index (χ0v) is 8.15. The van der Waals surface area contributed by atoms with E-state index in [2.05, 4.69) is 16.6 Å². The second kappa shape index (κ2) is 6.98. The molecule has 0 unspecified atom stereocenters. The van der Waals surface area contributed by atoms with E-state index in [9.17, 15) is 0 Å². The van der Waals surface area contributed by atoms with Crippen molar-refractivity contribution in [2.75, 3.05) is 27.2 Å². The lowest BCUT2D eigenvalue weighted by molar-refractivity contribution is -0.519. The van der Waals surface area contributed by atoms with Crippen LogP contribution in [0, 0.1) is 5.41 Å². The molecule has 0 aliphatic rings. The molecule has 0 fully saturated rings. The number of nitrogens with one attached hydrogen (secondary N) is 3. The third-order valence-electron chi connectivity index (χ3n) is 1.92. The standard InChI is InChI=1S/C8H19N4/c1-4-12(7-9)6-5-8(10-2)11-3/h8-11H,4-6H2,1-3H3/q+1. The molecule has 4 nitrogen and oxygen atoms in total. The van der Waals surface area contributed by atoms with E-state index in [1.54, 1.807) is 0 Å². The van der Waals surface area contributed by atoms with Crippen molar-refractivity contribution in [3.05, 3.63) is 0 Å². The van der Waals surface area contributed by atoms with Gasteiger partial charge in [-0.25, -0.2) is 4.58 Å². The molecule has 3 N–H and O–H groups in total. The quantitative estimate of drug-likeness (QED) is 0.297. The number of hydrogen-bond donors (Lipinski definition) is 3. The van der Waals surface area contributed by atoms with Gasteiger partial charge in [-0.3, -0.25) is 0 Å². The lowest BCUT2D eigenvalue weighted by Gasteiger charge is -2.13. The first kappa shape index (κ1) is 11.3. The first-order chi connectivity index (χ1) is 5.78. The van der Waals surface area contributed by atoms with E-state index in [0.29, 0.717) is 6.17 Å². The molecule has 0 aliphatic heterocycles. The van der Waals surface area contributed by atoms with Gasteiger partial charge in [0.05, 0.1) is 19.3 Å². The van der Waals surface area contributed by atoms with Gasteiger partial charge in [-0.1, -0.05) is 5.41 Å². The third kappa shape index (κ3) is 4.23. The fraction of sp³-hybridized carbons (Fsp3) is 0.875. The number of nitrogens with zero attached hydrogens (tertiary/aromatic N) is 1. The first-order valence-corrected chi connectivity index (χ1v) is 4.30. The van der Waals surface area contributed by atoms with Gasteiger partial charge in [-0.2, -0.15) is 0 Å². The molecule has 0 aromatic rings. The maximum Gasteiger partial charge on any atom is 0.303 e. The first-order valence-electron chi connectivity index (χ1n) is 4.30. The van der Waals surface area contributed by atoms with Gasteiger partial charge >= 0.3 is 6.01 Å². The average molecular weight is 171 g/mol. The number of hydrogen-bond acceptors (Lipinski definition) is 3. The van der Waals surface area contributed by atoms with Crippen LogP contribution in [0.15, 0.2) is 0 Å². The van der Waals surface area contributed by atoms with Crippen LogP contribution in [0.5, 0.6) is 0 Å². The van der Waals surface area contributed by atoms with E-state index in [-0.39, 0.29) is 0 Å². The van der Waals surface area contributed by atoms with Crippen LogP contribution >= 0.6 is 0 Å². The molecule has 0 aromatic heterocycles. The summed E-state index contributed by atoms with van der Waals surface area (Å²) in [6.07, 6.45) is 1.31. The average Bonchev–Trinajstić information content (AvgIpc) is 2.13. The van der Waals surface area contributed by atoms with Crippen LogP contribution in [0.25, 0.3) is 0 Å². The highest BCUT2D eigenvalue weighted by Crippen LogP contribution is 1.86. The summed E-state index contributed by atoms with van der Waals surface area (Å²) in [5.74, 6) is 0. The lowest BCUT2D eigenvalue weighted by Crippen LogP contribution is -2.39. The van der Waals surface area contributed by atoms with Crippen LogP contribution in [0.1, 0.15) is 13.3 Å². The molecule has 0 spiro atoms. The Kier molecular flexibility index (Phi) is 6.57. The summed E-state index contributed by atoms with van der Waals surface area (Å²) in [6.45, 7) is 3.74. The molecule has 0 bridgehead atoms. The highest BCUT2D eigenvalue weighted by atomic mass is 15.1. The van der Waals surface area contributed by atoms with E-state index in [4.69, 9.17) is 5.41 Å². The molecule has 12 heavy (non-hydrogen) atoms. The fourth-order valence-electron chi connectivity index (χ4n) is 1.01. The molecule has 0 aliphatic carbocycles. The van der Waals surface area contributed by atoms with Crippen LogP contribution in [0.2, 0.25) is 0 Å². The molecule has 0 rings (SSSR count). The monoisotopic (exact) mass is 171 g/mol. The molecular formula is C8H19N4+. The van der Waals surface area contributed by atoms with Gasteiger partial charge in [0.15, 0.2) is 0 Å². The molecule has 4 heteroatoms. The molecule has 0 radical (unpaired) electrons. The highest BCUT2D eigenvalue weighted by Gasteiger charge is 2.04. The SMILES string of the molecule is CC[N+](=C=N)CCC(NC)NC. The van der Waals surface area contributed by atoms with Crippen molar-refractivity contribution in [1.82, 2.24) is 10.6 Å². The zero-order valence-electron chi connectivity index (χ0n) is 8.15. The molecule has 70 valence electrons. The summed E-state index contributed by atoms with van der Waals surface area (Å²) in [4.78, 5) is 0. The Morgan fingerprint density at radius 3 is 2.33 bits per heavy atom. The summed E-state index contributed by atoms with van der Waals surface area (Å²) in [6, 6.07) is 2.38. The minimum Gasteiger partial charge on any atom is -0.305 e. The normalized spacial score (nSPS) is 10.0. The maximum atomic E-state index is 6.95. The summed E-state index contributed by atoms with van der Waals surface area (Å²) in [7, 11) is 3.84. The van der Waals surface area contributed by atoms with Gasteiger partial charge in [0.1, 0.15) is 0 Å². The van der Waals surface area contributed by atoms with Gasteiger partial charge in [0, 0.05) is 6.42 Å². The Morgan fingerprint density at radius 1 is 1.42 bits per heavy atom. The van der Waals surface area contributed by atoms with Crippen LogP contribution in [0.4, 0.5) is 0 Å². The second-order valence-corrected chi connectivity index (χ2v) is 2.61. The Hall–Kier alpha value is -0.700. The van der Waals surface area contributed by atoms with Crippen molar-refractivity contribution in [3.8, 4) is 0 Å². The smallest absolute Gasteiger partial charge is 0.303 e. The summed E-state index contributed by atoms with van der Waals surface area (Å²) < 4.78 is 1.85. The van der Waals surface area contributed by atoms with Crippen molar-refractivity contribution >= 4 is 6.01 Å². The van der Waals surface area contributed by atoms with Crippen LogP contribution in [0.3, 0.4) is 0 Å². The van der Waals surface area contributed by atoms with Gasteiger partial charge in [-0.15, -0.1) is 0 Å². The van der Waals surface area contributed by atoms with Crippen molar-refractivity contribution in [2.45, 2.75) is 19.5 Å². The van der Waals surface area contributed by atoms with E-state index < -0.39 is 0 Å². The van der Waals surface area contributed by atoms with Crippen molar-refractivity contribution in [1.29, 1.82) is 5.41 Å². The lowest BCUT2D eigenvalue weighted by atomic mass is 10.3. The molecule has 0 atom stereocenters. The predicted molar refractivity (Wildman–Crippen MR) is 49.9 cm³/mol.